The molecule has 154 valence electrons. The van der Waals surface area contributed by atoms with E-state index in [1.54, 1.807) is 6.92 Å². The zero-order valence-electron chi connectivity index (χ0n) is 16.3. The number of ether oxygens (including phenoxy) is 5. The standard InChI is InChI=1S/C18H23NO9/c1-8-12(18(23)24-5)6-13(19-8)15-17(27-11(4)22)16(26-10(3)21)14(28-15)7-25-9(2)20/h6,14-17,19H,7H2,1-5H3/t14-,15+,16-,17+/m1/s1. The zero-order chi connectivity index (χ0) is 21.0. The summed E-state index contributed by atoms with van der Waals surface area (Å²) in [6.07, 6.45) is -3.76. The molecule has 1 aromatic heterocycles. The number of hydrogen-bond donors (Lipinski definition) is 1. The van der Waals surface area contributed by atoms with Gasteiger partial charge in [-0.1, -0.05) is 0 Å². The summed E-state index contributed by atoms with van der Waals surface area (Å²) in [6, 6.07) is 1.52. The molecule has 0 spiro atoms. The van der Waals surface area contributed by atoms with Gasteiger partial charge in [0, 0.05) is 32.2 Å². The number of aryl methyl sites for hydroxylation is 1. The predicted octanol–water partition coefficient (Wildman–Crippen LogP) is 0.976. The number of nitrogens with one attached hydrogen (secondary N) is 1. The molecule has 1 fully saturated rings. The highest BCUT2D eigenvalue weighted by atomic mass is 16.6. The first-order valence-corrected chi connectivity index (χ1v) is 8.55. The lowest BCUT2D eigenvalue weighted by Crippen LogP contribution is -2.40. The van der Waals surface area contributed by atoms with Crippen LogP contribution in [0.5, 0.6) is 0 Å². The van der Waals surface area contributed by atoms with Crippen molar-refractivity contribution in [3.63, 3.8) is 0 Å². The van der Waals surface area contributed by atoms with Crippen molar-refractivity contribution in [1.82, 2.24) is 4.98 Å². The van der Waals surface area contributed by atoms with Crippen LogP contribution in [0.15, 0.2) is 6.07 Å². The van der Waals surface area contributed by atoms with Gasteiger partial charge in [0.1, 0.15) is 18.8 Å². The van der Waals surface area contributed by atoms with Crippen LogP contribution in [0.2, 0.25) is 0 Å². The van der Waals surface area contributed by atoms with E-state index in [0.29, 0.717) is 11.4 Å². The second-order valence-electron chi connectivity index (χ2n) is 6.30. The minimum atomic E-state index is -1.01. The summed E-state index contributed by atoms with van der Waals surface area (Å²) in [4.78, 5) is 49.2. The molecule has 4 atom stereocenters. The summed E-state index contributed by atoms with van der Waals surface area (Å²) in [6.45, 7) is 5.11. The molecule has 1 aromatic rings. The predicted molar refractivity (Wildman–Crippen MR) is 92.2 cm³/mol. The molecular weight excluding hydrogens is 374 g/mol. The second-order valence-corrected chi connectivity index (χ2v) is 6.30. The van der Waals surface area contributed by atoms with Gasteiger partial charge in [-0.05, 0) is 13.0 Å². The largest absolute Gasteiger partial charge is 0.465 e. The minimum Gasteiger partial charge on any atom is -0.465 e. The van der Waals surface area contributed by atoms with Crippen molar-refractivity contribution in [3.8, 4) is 0 Å². The molecule has 28 heavy (non-hydrogen) atoms. The highest BCUT2D eigenvalue weighted by molar-refractivity contribution is 5.90. The Kier molecular flexibility index (Phi) is 6.79. The van der Waals surface area contributed by atoms with Gasteiger partial charge in [-0.15, -0.1) is 0 Å². The zero-order valence-corrected chi connectivity index (χ0v) is 16.3. The van der Waals surface area contributed by atoms with E-state index < -0.39 is 48.3 Å². The molecule has 0 aliphatic carbocycles. The quantitative estimate of drug-likeness (QED) is 0.551. The summed E-state index contributed by atoms with van der Waals surface area (Å²) < 4.78 is 26.2. The van der Waals surface area contributed by atoms with E-state index in [4.69, 9.17) is 23.7 Å². The highest BCUT2D eigenvalue weighted by Crippen LogP contribution is 2.38. The third-order valence-corrected chi connectivity index (χ3v) is 4.11. The first-order valence-electron chi connectivity index (χ1n) is 8.55. The number of carbonyl (C=O) groups excluding carboxylic acids is 4. The third kappa shape index (κ3) is 4.89. The van der Waals surface area contributed by atoms with Crippen LogP contribution in [0, 0.1) is 6.92 Å². The second kappa shape index (κ2) is 8.87. The molecule has 1 aliphatic heterocycles. The number of hydrogen-bond acceptors (Lipinski definition) is 9. The topological polar surface area (TPSA) is 130 Å². The SMILES string of the molecule is COC(=O)c1cc([C@@H]2O[C@H](COC(C)=O)[C@@H](OC(C)=O)[C@H]2OC(C)=O)[nH]c1C. The Labute approximate surface area is 161 Å². The summed E-state index contributed by atoms with van der Waals surface area (Å²) in [7, 11) is 1.26. The summed E-state index contributed by atoms with van der Waals surface area (Å²) >= 11 is 0. The van der Waals surface area contributed by atoms with Gasteiger partial charge in [-0.25, -0.2) is 4.79 Å². The van der Waals surface area contributed by atoms with Gasteiger partial charge in [0.2, 0.25) is 0 Å². The maximum absolute atomic E-state index is 11.9. The van der Waals surface area contributed by atoms with Crippen LogP contribution in [0.25, 0.3) is 0 Å². The fourth-order valence-corrected chi connectivity index (χ4v) is 3.02. The minimum absolute atomic E-state index is 0.203. The number of methoxy groups -OCH3 is 1. The molecule has 0 aromatic carbocycles. The molecule has 0 saturated carbocycles. The maximum Gasteiger partial charge on any atom is 0.339 e. The molecule has 2 heterocycles. The molecular formula is C18H23NO9. The van der Waals surface area contributed by atoms with E-state index >= 15 is 0 Å². The van der Waals surface area contributed by atoms with Crippen LogP contribution >= 0.6 is 0 Å². The average Bonchev–Trinajstić information content (AvgIpc) is 3.13. The van der Waals surface area contributed by atoms with Crippen LogP contribution in [0.4, 0.5) is 0 Å². The van der Waals surface area contributed by atoms with E-state index in [9.17, 15) is 19.2 Å². The molecule has 1 N–H and O–H groups in total. The van der Waals surface area contributed by atoms with Gasteiger partial charge in [0.05, 0.1) is 12.7 Å². The van der Waals surface area contributed by atoms with E-state index in [-0.39, 0.29) is 12.2 Å². The Morgan fingerprint density at radius 2 is 1.64 bits per heavy atom. The Hall–Kier alpha value is -2.88. The van der Waals surface area contributed by atoms with Crippen LogP contribution < -0.4 is 0 Å². The Bertz CT molecular complexity index is 769. The Morgan fingerprint density at radius 3 is 2.18 bits per heavy atom. The third-order valence-electron chi connectivity index (χ3n) is 4.11. The molecule has 10 heteroatoms. The lowest BCUT2D eigenvalue weighted by Gasteiger charge is -2.23. The fourth-order valence-electron chi connectivity index (χ4n) is 3.02. The highest BCUT2D eigenvalue weighted by Gasteiger charge is 2.50. The lowest BCUT2D eigenvalue weighted by molar-refractivity contribution is -0.165. The Morgan fingerprint density at radius 1 is 1.04 bits per heavy atom. The molecule has 1 aliphatic rings. The Balaban J connectivity index is 2.39. The van der Waals surface area contributed by atoms with Gasteiger partial charge < -0.3 is 28.7 Å². The van der Waals surface area contributed by atoms with Crippen LogP contribution in [0.3, 0.4) is 0 Å². The van der Waals surface area contributed by atoms with Crippen molar-refractivity contribution in [1.29, 1.82) is 0 Å². The van der Waals surface area contributed by atoms with Gasteiger partial charge >= 0.3 is 23.9 Å². The molecule has 0 unspecified atom stereocenters. The molecule has 1 saturated heterocycles. The van der Waals surface area contributed by atoms with E-state index in [1.807, 2.05) is 0 Å². The van der Waals surface area contributed by atoms with E-state index in [2.05, 4.69) is 4.98 Å². The molecule has 10 nitrogen and oxygen atoms in total. The van der Waals surface area contributed by atoms with Crippen LogP contribution in [0.1, 0.15) is 48.6 Å². The van der Waals surface area contributed by atoms with Gasteiger partial charge in [-0.3, -0.25) is 14.4 Å². The van der Waals surface area contributed by atoms with Gasteiger partial charge in [-0.2, -0.15) is 0 Å². The summed E-state index contributed by atoms with van der Waals surface area (Å²) in [5.41, 5.74) is 1.24. The van der Waals surface area contributed by atoms with Crippen LogP contribution in [-0.2, 0) is 38.1 Å². The monoisotopic (exact) mass is 397 g/mol. The van der Waals surface area contributed by atoms with Crippen molar-refractivity contribution in [2.24, 2.45) is 0 Å². The number of rotatable bonds is 6. The van der Waals surface area contributed by atoms with Gasteiger partial charge in [0.25, 0.3) is 0 Å². The number of H-pyrrole nitrogens is 1. The average molecular weight is 397 g/mol. The van der Waals surface area contributed by atoms with E-state index in [0.717, 1.165) is 0 Å². The smallest absolute Gasteiger partial charge is 0.339 e. The lowest BCUT2D eigenvalue weighted by atomic mass is 10.0. The number of esters is 4. The molecule has 2 rings (SSSR count). The number of carbonyl (C=O) groups is 4. The molecule has 0 radical (unpaired) electrons. The van der Waals surface area contributed by atoms with E-state index in [1.165, 1.54) is 33.9 Å². The van der Waals surface area contributed by atoms with Gasteiger partial charge in [0.15, 0.2) is 12.2 Å². The number of aromatic nitrogens is 1. The van der Waals surface area contributed by atoms with Crippen molar-refractivity contribution >= 4 is 23.9 Å². The normalized spacial score (nSPS) is 23.8. The fraction of sp³-hybridized carbons (Fsp3) is 0.556. The van der Waals surface area contributed by atoms with Crippen molar-refractivity contribution in [3.05, 3.63) is 23.0 Å². The summed E-state index contributed by atoms with van der Waals surface area (Å²) in [5, 5.41) is 0. The molecule has 0 amide bonds. The van der Waals surface area contributed by atoms with Crippen molar-refractivity contribution in [2.75, 3.05) is 13.7 Å². The number of aromatic amines is 1. The maximum atomic E-state index is 11.9. The van der Waals surface area contributed by atoms with Crippen LogP contribution in [-0.4, -0.2) is 60.9 Å². The van der Waals surface area contributed by atoms with Crippen molar-refractivity contribution < 1.29 is 42.9 Å². The molecule has 0 bridgehead atoms. The first-order chi connectivity index (χ1) is 13.1. The summed E-state index contributed by atoms with van der Waals surface area (Å²) in [5.74, 6) is -2.31. The first kappa shape index (κ1) is 21.4. The van der Waals surface area contributed by atoms with Crippen molar-refractivity contribution in [2.45, 2.75) is 52.1 Å².